The number of benzene rings is 1. The standard InChI is InChI=1S/C17H20N2O3.ClH/c20-17(19-14-5-4-9-18-11-14)16-13(8-10-21-16)12-22-15-6-2-1-3-7-15;/h1-3,6-8,10,14,18H,4-5,9,11-12H2,(H,19,20);1H. The molecule has 1 aromatic heterocycles. The van der Waals surface area contributed by atoms with Crippen molar-refractivity contribution in [2.45, 2.75) is 25.5 Å². The highest BCUT2D eigenvalue weighted by Gasteiger charge is 2.20. The molecule has 0 saturated carbocycles. The Morgan fingerprint density at radius 3 is 2.87 bits per heavy atom. The lowest BCUT2D eigenvalue weighted by molar-refractivity contribution is 0.0899. The van der Waals surface area contributed by atoms with Gasteiger partial charge in [-0.1, -0.05) is 18.2 Å². The molecule has 6 heteroatoms. The van der Waals surface area contributed by atoms with Gasteiger partial charge in [-0.15, -0.1) is 12.4 Å². The maximum atomic E-state index is 12.3. The molecule has 1 saturated heterocycles. The van der Waals surface area contributed by atoms with Crippen LogP contribution in [0.2, 0.25) is 0 Å². The highest BCUT2D eigenvalue weighted by atomic mass is 35.5. The fraction of sp³-hybridized carbons (Fsp3) is 0.353. The topological polar surface area (TPSA) is 63.5 Å². The third kappa shape index (κ3) is 4.74. The lowest BCUT2D eigenvalue weighted by atomic mass is 10.1. The molecule has 0 aliphatic carbocycles. The summed E-state index contributed by atoms with van der Waals surface area (Å²) in [6.07, 6.45) is 3.60. The van der Waals surface area contributed by atoms with Gasteiger partial charge in [-0.25, -0.2) is 0 Å². The smallest absolute Gasteiger partial charge is 0.287 e. The summed E-state index contributed by atoms with van der Waals surface area (Å²) in [5, 5.41) is 6.29. The average molecular weight is 337 g/mol. The van der Waals surface area contributed by atoms with Crippen LogP contribution < -0.4 is 15.4 Å². The van der Waals surface area contributed by atoms with E-state index in [9.17, 15) is 4.79 Å². The summed E-state index contributed by atoms with van der Waals surface area (Å²) in [4.78, 5) is 12.3. The highest BCUT2D eigenvalue weighted by Crippen LogP contribution is 2.16. The van der Waals surface area contributed by atoms with E-state index in [1.165, 1.54) is 6.26 Å². The van der Waals surface area contributed by atoms with Crippen molar-refractivity contribution in [1.82, 2.24) is 10.6 Å². The van der Waals surface area contributed by atoms with E-state index in [-0.39, 0.29) is 24.4 Å². The molecule has 2 heterocycles. The summed E-state index contributed by atoms with van der Waals surface area (Å²) >= 11 is 0. The van der Waals surface area contributed by atoms with Crippen molar-refractivity contribution in [2.24, 2.45) is 0 Å². The summed E-state index contributed by atoms with van der Waals surface area (Å²) in [5.74, 6) is 0.929. The van der Waals surface area contributed by atoms with Crippen LogP contribution in [0.15, 0.2) is 47.1 Å². The lowest BCUT2D eigenvalue weighted by Gasteiger charge is -2.23. The number of hydrogen-bond donors (Lipinski definition) is 2. The Kier molecular flexibility index (Phi) is 6.50. The Morgan fingerprint density at radius 1 is 1.30 bits per heavy atom. The molecule has 1 fully saturated rings. The predicted octanol–water partition coefficient (Wildman–Crippen LogP) is 2.76. The molecule has 1 amide bonds. The van der Waals surface area contributed by atoms with E-state index in [1.54, 1.807) is 6.07 Å². The molecule has 1 atom stereocenters. The first-order valence-electron chi connectivity index (χ1n) is 7.59. The van der Waals surface area contributed by atoms with E-state index in [2.05, 4.69) is 10.6 Å². The molecule has 0 spiro atoms. The summed E-state index contributed by atoms with van der Waals surface area (Å²) in [5.41, 5.74) is 0.755. The number of carbonyl (C=O) groups excluding carboxylic acids is 1. The monoisotopic (exact) mass is 336 g/mol. The van der Waals surface area contributed by atoms with E-state index in [0.29, 0.717) is 12.4 Å². The van der Waals surface area contributed by atoms with Gasteiger partial charge in [0.1, 0.15) is 12.4 Å². The molecule has 5 nitrogen and oxygen atoms in total. The first-order valence-corrected chi connectivity index (χ1v) is 7.59. The van der Waals surface area contributed by atoms with Crippen LogP contribution in [-0.4, -0.2) is 25.0 Å². The summed E-state index contributed by atoms with van der Waals surface area (Å²) < 4.78 is 11.0. The molecule has 2 N–H and O–H groups in total. The van der Waals surface area contributed by atoms with Crippen molar-refractivity contribution < 1.29 is 13.9 Å². The molecular weight excluding hydrogens is 316 g/mol. The van der Waals surface area contributed by atoms with Gasteiger partial charge < -0.3 is 19.8 Å². The second kappa shape index (κ2) is 8.60. The molecule has 1 aliphatic rings. The molecular formula is C17H21ClN2O3. The number of amides is 1. The molecule has 0 bridgehead atoms. The van der Waals surface area contributed by atoms with Crippen LogP contribution in [0.1, 0.15) is 29.0 Å². The van der Waals surface area contributed by atoms with Crippen LogP contribution in [0.25, 0.3) is 0 Å². The van der Waals surface area contributed by atoms with Crippen molar-refractivity contribution in [3.8, 4) is 5.75 Å². The Morgan fingerprint density at radius 2 is 2.13 bits per heavy atom. The molecule has 3 rings (SSSR count). The molecule has 1 aliphatic heterocycles. The number of rotatable bonds is 5. The van der Waals surface area contributed by atoms with Crippen LogP contribution in [0.4, 0.5) is 0 Å². The van der Waals surface area contributed by atoms with Gasteiger partial charge in [-0.3, -0.25) is 4.79 Å². The van der Waals surface area contributed by atoms with Crippen LogP contribution in [0.5, 0.6) is 5.75 Å². The highest BCUT2D eigenvalue weighted by molar-refractivity contribution is 5.93. The SMILES string of the molecule is Cl.O=C(NC1CCCNC1)c1occc1COc1ccccc1. The van der Waals surface area contributed by atoms with Gasteiger partial charge in [0.2, 0.25) is 0 Å². The number of para-hydroxylation sites is 1. The number of hydrogen-bond acceptors (Lipinski definition) is 4. The van der Waals surface area contributed by atoms with E-state index in [1.807, 2.05) is 30.3 Å². The van der Waals surface area contributed by atoms with Crippen LogP contribution >= 0.6 is 12.4 Å². The first-order chi connectivity index (χ1) is 10.8. The van der Waals surface area contributed by atoms with Crippen molar-refractivity contribution in [1.29, 1.82) is 0 Å². The fourth-order valence-corrected chi connectivity index (χ4v) is 2.55. The minimum Gasteiger partial charge on any atom is -0.489 e. The summed E-state index contributed by atoms with van der Waals surface area (Å²) in [7, 11) is 0. The number of nitrogens with one attached hydrogen (secondary N) is 2. The maximum Gasteiger partial charge on any atom is 0.287 e. The molecule has 124 valence electrons. The number of furan rings is 1. The zero-order valence-electron chi connectivity index (χ0n) is 12.8. The van der Waals surface area contributed by atoms with Crippen molar-refractivity contribution in [2.75, 3.05) is 13.1 Å². The Balaban J connectivity index is 0.00000192. The van der Waals surface area contributed by atoms with Crippen molar-refractivity contribution in [3.05, 3.63) is 54.0 Å². The average Bonchev–Trinajstić information content (AvgIpc) is 3.03. The second-order valence-electron chi connectivity index (χ2n) is 5.39. The molecule has 0 radical (unpaired) electrons. The number of ether oxygens (including phenoxy) is 1. The summed E-state index contributed by atoms with van der Waals surface area (Å²) in [6, 6.07) is 11.5. The minimum atomic E-state index is -0.176. The number of carbonyl (C=O) groups is 1. The second-order valence-corrected chi connectivity index (χ2v) is 5.39. The third-order valence-corrected chi connectivity index (χ3v) is 3.72. The first kappa shape index (κ1) is 17.4. The Hall–Kier alpha value is -1.98. The number of halogens is 1. The van der Waals surface area contributed by atoms with Gasteiger partial charge in [0.25, 0.3) is 5.91 Å². The quantitative estimate of drug-likeness (QED) is 0.881. The van der Waals surface area contributed by atoms with Crippen molar-refractivity contribution in [3.63, 3.8) is 0 Å². The summed E-state index contributed by atoms with van der Waals surface area (Å²) in [6.45, 7) is 2.14. The lowest BCUT2D eigenvalue weighted by Crippen LogP contribution is -2.45. The number of piperidine rings is 1. The van der Waals surface area contributed by atoms with E-state index < -0.39 is 0 Å². The predicted molar refractivity (Wildman–Crippen MR) is 90.1 cm³/mol. The zero-order valence-corrected chi connectivity index (χ0v) is 13.6. The van der Waals surface area contributed by atoms with Crippen molar-refractivity contribution >= 4 is 18.3 Å². The van der Waals surface area contributed by atoms with Gasteiger partial charge in [0, 0.05) is 18.2 Å². The van der Waals surface area contributed by atoms with Gasteiger partial charge in [0.15, 0.2) is 5.76 Å². The maximum absolute atomic E-state index is 12.3. The third-order valence-electron chi connectivity index (χ3n) is 3.72. The Bertz CT molecular complexity index is 609. The fourth-order valence-electron chi connectivity index (χ4n) is 2.55. The van der Waals surface area contributed by atoms with E-state index in [4.69, 9.17) is 9.15 Å². The molecule has 1 unspecified atom stereocenters. The van der Waals surface area contributed by atoms with Crippen LogP contribution in [-0.2, 0) is 6.61 Å². The van der Waals surface area contributed by atoms with Gasteiger partial charge in [-0.05, 0) is 37.6 Å². The van der Waals surface area contributed by atoms with E-state index in [0.717, 1.165) is 37.2 Å². The Labute approximate surface area is 141 Å². The minimum absolute atomic E-state index is 0. The molecule has 23 heavy (non-hydrogen) atoms. The normalized spacial score (nSPS) is 17.1. The molecule has 1 aromatic carbocycles. The van der Waals surface area contributed by atoms with Gasteiger partial charge >= 0.3 is 0 Å². The van der Waals surface area contributed by atoms with Crippen LogP contribution in [0, 0.1) is 0 Å². The molecule has 2 aromatic rings. The van der Waals surface area contributed by atoms with Gasteiger partial charge in [0.05, 0.1) is 6.26 Å². The van der Waals surface area contributed by atoms with Gasteiger partial charge in [-0.2, -0.15) is 0 Å². The van der Waals surface area contributed by atoms with Crippen LogP contribution in [0.3, 0.4) is 0 Å². The largest absolute Gasteiger partial charge is 0.489 e. The van der Waals surface area contributed by atoms with E-state index >= 15 is 0 Å². The zero-order chi connectivity index (χ0) is 15.2.